The molecule has 2 rings (SSSR count). The van der Waals surface area contributed by atoms with Gasteiger partial charge in [0.15, 0.2) is 5.13 Å². The number of rotatable bonds is 7. The smallest absolute Gasteiger partial charge is 0.230 e. The second-order valence-corrected chi connectivity index (χ2v) is 6.42. The van der Waals surface area contributed by atoms with Crippen molar-refractivity contribution in [2.75, 3.05) is 32.6 Å². The van der Waals surface area contributed by atoms with Crippen molar-refractivity contribution in [1.82, 2.24) is 10.3 Å². The van der Waals surface area contributed by atoms with Crippen LogP contribution in [0.15, 0.2) is 11.6 Å². The van der Waals surface area contributed by atoms with Crippen LogP contribution in [0.25, 0.3) is 0 Å². The molecule has 0 spiro atoms. The van der Waals surface area contributed by atoms with Gasteiger partial charge in [-0.1, -0.05) is 23.0 Å². The second-order valence-electron chi connectivity index (χ2n) is 5.36. The van der Waals surface area contributed by atoms with Crippen molar-refractivity contribution in [2.45, 2.75) is 38.6 Å². The molecule has 1 heterocycles. The number of ether oxygens (including phenoxy) is 1. The fourth-order valence-electron chi connectivity index (χ4n) is 2.37. The molecular formula is C15H25N3OS. The summed E-state index contributed by atoms with van der Waals surface area (Å²) in [6.07, 6.45) is 8.87. The van der Waals surface area contributed by atoms with E-state index in [-0.39, 0.29) is 0 Å². The Labute approximate surface area is 125 Å². The predicted molar refractivity (Wildman–Crippen MR) is 85.9 cm³/mol. The first-order chi connectivity index (χ1) is 9.70. The minimum absolute atomic E-state index is 0.753. The number of anilines is 1. The van der Waals surface area contributed by atoms with E-state index in [2.05, 4.69) is 16.4 Å². The fraction of sp³-hybridized carbons (Fsp3) is 0.667. The maximum Gasteiger partial charge on any atom is 0.230 e. The molecule has 0 aromatic carbocycles. The summed E-state index contributed by atoms with van der Waals surface area (Å²) < 4.78 is 5.34. The van der Waals surface area contributed by atoms with Gasteiger partial charge in [0.25, 0.3) is 0 Å². The van der Waals surface area contributed by atoms with Crippen molar-refractivity contribution in [2.24, 2.45) is 0 Å². The maximum atomic E-state index is 5.34. The van der Waals surface area contributed by atoms with Gasteiger partial charge >= 0.3 is 0 Å². The van der Waals surface area contributed by atoms with Crippen molar-refractivity contribution in [1.29, 1.82) is 0 Å². The predicted octanol–water partition coefficient (Wildman–Crippen LogP) is 3.20. The highest BCUT2D eigenvalue weighted by Crippen LogP contribution is 2.30. The van der Waals surface area contributed by atoms with Crippen LogP contribution >= 0.6 is 11.3 Å². The monoisotopic (exact) mass is 295 g/mol. The van der Waals surface area contributed by atoms with Gasteiger partial charge in [-0.25, -0.2) is 0 Å². The zero-order chi connectivity index (χ0) is 14.4. The molecule has 1 aromatic rings. The Morgan fingerprint density at radius 3 is 2.90 bits per heavy atom. The third kappa shape index (κ3) is 4.21. The Hall–Kier alpha value is -1.07. The van der Waals surface area contributed by atoms with Crippen LogP contribution in [0.2, 0.25) is 0 Å². The number of hydrogen-bond donors (Lipinski definition) is 1. The summed E-state index contributed by atoms with van der Waals surface area (Å²) in [6.45, 7) is 1.87. The Balaban J connectivity index is 1.79. The molecule has 0 bridgehead atoms. The van der Waals surface area contributed by atoms with Crippen LogP contribution in [0.4, 0.5) is 5.13 Å². The van der Waals surface area contributed by atoms with Crippen LogP contribution < -0.4 is 15.0 Å². The number of nitrogens with zero attached hydrogens (tertiary/aromatic N) is 2. The van der Waals surface area contributed by atoms with Gasteiger partial charge in [0, 0.05) is 20.6 Å². The van der Waals surface area contributed by atoms with Gasteiger partial charge in [0.1, 0.15) is 0 Å². The van der Waals surface area contributed by atoms with Crippen molar-refractivity contribution in [3.8, 4) is 5.88 Å². The van der Waals surface area contributed by atoms with Gasteiger partial charge in [-0.15, -0.1) is 0 Å². The molecular weight excluding hydrogens is 270 g/mol. The molecule has 112 valence electrons. The molecule has 0 aliphatic heterocycles. The normalized spacial score (nSPS) is 15.1. The summed E-state index contributed by atoms with van der Waals surface area (Å²) in [7, 11) is 5.70. The van der Waals surface area contributed by atoms with Gasteiger partial charge in [-0.05, 0) is 38.6 Å². The number of thiazole rings is 1. The van der Waals surface area contributed by atoms with E-state index in [4.69, 9.17) is 4.74 Å². The van der Waals surface area contributed by atoms with Crippen LogP contribution in [0.5, 0.6) is 5.88 Å². The summed E-state index contributed by atoms with van der Waals surface area (Å²) in [5, 5.41) is 4.50. The molecule has 1 aromatic heterocycles. The molecule has 0 fully saturated rings. The molecule has 20 heavy (non-hydrogen) atoms. The zero-order valence-electron chi connectivity index (χ0n) is 12.7. The minimum atomic E-state index is 0.753. The lowest BCUT2D eigenvalue weighted by Gasteiger charge is -2.12. The Bertz CT molecular complexity index is 454. The molecule has 0 amide bonds. The van der Waals surface area contributed by atoms with E-state index in [1.54, 1.807) is 24.0 Å². The van der Waals surface area contributed by atoms with Gasteiger partial charge < -0.3 is 15.0 Å². The molecule has 0 radical (unpaired) electrons. The minimum Gasteiger partial charge on any atom is -0.480 e. The maximum absolute atomic E-state index is 5.34. The summed E-state index contributed by atoms with van der Waals surface area (Å²) in [4.78, 5) is 7.66. The van der Waals surface area contributed by atoms with Crippen LogP contribution in [0.1, 0.15) is 37.0 Å². The lowest BCUT2D eigenvalue weighted by molar-refractivity contribution is 0.395. The number of methoxy groups -OCH3 is 1. The first kappa shape index (κ1) is 15.3. The molecule has 5 heteroatoms. The van der Waals surface area contributed by atoms with Gasteiger partial charge in [-0.2, -0.15) is 4.98 Å². The van der Waals surface area contributed by atoms with Crippen molar-refractivity contribution in [3.63, 3.8) is 0 Å². The van der Waals surface area contributed by atoms with E-state index in [1.165, 1.54) is 37.0 Å². The van der Waals surface area contributed by atoms with E-state index in [0.717, 1.165) is 24.1 Å². The Morgan fingerprint density at radius 1 is 1.40 bits per heavy atom. The average Bonchev–Trinajstić information content (AvgIpc) is 2.88. The number of hydrogen-bond acceptors (Lipinski definition) is 5. The number of aromatic nitrogens is 1. The van der Waals surface area contributed by atoms with Crippen LogP contribution in [0, 0.1) is 0 Å². The molecule has 0 unspecified atom stereocenters. The SMILES string of the molecule is COc1nc(N(C)C)sc1CNCCC1=CCCCC1. The topological polar surface area (TPSA) is 37.4 Å². The quantitative estimate of drug-likeness (QED) is 0.619. The highest BCUT2D eigenvalue weighted by atomic mass is 32.1. The molecule has 1 N–H and O–H groups in total. The van der Waals surface area contributed by atoms with E-state index in [1.807, 2.05) is 19.0 Å². The summed E-state index contributed by atoms with van der Waals surface area (Å²) >= 11 is 1.69. The van der Waals surface area contributed by atoms with Crippen molar-refractivity contribution in [3.05, 3.63) is 16.5 Å². The molecule has 0 saturated heterocycles. The third-order valence-electron chi connectivity index (χ3n) is 3.52. The highest BCUT2D eigenvalue weighted by molar-refractivity contribution is 7.15. The van der Waals surface area contributed by atoms with Gasteiger partial charge in [0.05, 0.1) is 12.0 Å². The van der Waals surface area contributed by atoms with E-state index >= 15 is 0 Å². The third-order valence-corrected chi connectivity index (χ3v) is 4.72. The first-order valence-electron chi connectivity index (χ1n) is 7.30. The summed E-state index contributed by atoms with van der Waals surface area (Å²) in [5.41, 5.74) is 1.62. The van der Waals surface area contributed by atoms with Gasteiger partial charge in [-0.3, -0.25) is 0 Å². The zero-order valence-corrected chi connectivity index (χ0v) is 13.6. The lowest BCUT2D eigenvalue weighted by Crippen LogP contribution is -2.15. The Morgan fingerprint density at radius 2 is 2.25 bits per heavy atom. The average molecular weight is 295 g/mol. The molecule has 1 aliphatic carbocycles. The number of allylic oxidation sites excluding steroid dienone is 1. The first-order valence-corrected chi connectivity index (χ1v) is 8.12. The van der Waals surface area contributed by atoms with E-state index in [9.17, 15) is 0 Å². The van der Waals surface area contributed by atoms with Crippen molar-refractivity contribution >= 4 is 16.5 Å². The standard InChI is InChI=1S/C15H25N3OS/c1-18(2)15-17-14(19-3)13(20-15)11-16-10-9-12-7-5-4-6-8-12/h7,16H,4-6,8-11H2,1-3H3. The fourth-order valence-corrected chi connectivity index (χ4v) is 3.29. The van der Waals surface area contributed by atoms with E-state index in [0.29, 0.717) is 0 Å². The van der Waals surface area contributed by atoms with Crippen LogP contribution in [-0.4, -0.2) is 32.7 Å². The molecule has 0 atom stereocenters. The molecule has 0 saturated carbocycles. The summed E-state index contributed by atoms with van der Waals surface area (Å²) in [6, 6.07) is 0. The van der Waals surface area contributed by atoms with Crippen LogP contribution in [-0.2, 0) is 6.54 Å². The lowest BCUT2D eigenvalue weighted by atomic mass is 9.97. The summed E-state index contributed by atoms with van der Waals surface area (Å²) in [5.74, 6) is 0.753. The highest BCUT2D eigenvalue weighted by Gasteiger charge is 2.12. The van der Waals surface area contributed by atoms with E-state index < -0.39 is 0 Å². The van der Waals surface area contributed by atoms with Crippen LogP contribution in [0.3, 0.4) is 0 Å². The van der Waals surface area contributed by atoms with Gasteiger partial charge in [0.2, 0.25) is 5.88 Å². The molecule has 1 aliphatic rings. The number of nitrogens with one attached hydrogen (secondary N) is 1. The molecule has 4 nitrogen and oxygen atoms in total. The Kier molecular flexibility index (Phi) is 5.86. The van der Waals surface area contributed by atoms with Crippen molar-refractivity contribution < 1.29 is 4.74 Å². The largest absolute Gasteiger partial charge is 0.480 e. The second kappa shape index (κ2) is 7.64.